The van der Waals surface area contributed by atoms with Crippen molar-refractivity contribution in [1.29, 1.82) is 0 Å². The van der Waals surface area contributed by atoms with Crippen LogP contribution in [-0.2, 0) is 6.54 Å². The van der Waals surface area contributed by atoms with Gasteiger partial charge in [0.25, 0.3) is 5.56 Å². The summed E-state index contributed by atoms with van der Waals surface area (Å²) in [4.78, 5) is 18.5. The first-order valence-corrected chi connectivity index (χ1v) is 6.15. The van der Waals surface area contributed by atoms with Gasteiger partial charge in [-0.15, -0.1) is 0 Å². The number of nitrogens with zero attached hydrogens (tertiary/aromatic N) is 3. The third-order valence-electron chi connectivity index (χ3n) is 3.45. The Morgan fingerprint density at radius 2 is 2.44 bits per heavy atom. The summed E-state index contributed by atoms with van der Waals surface area (Å²) in [6.07, 6.45) is 2.72. The summed E-state index contributed by atoms with van der Waals surface area (Å²) in [6.45, 7) is 2.75. The Labute approximate surface area is 104 Å². The maximum atomic E-state index is 11.8. The summed E-state index contributed by atoms with van der Waals surface area (Å²) < 4.78 is 1.42. The Balaban J connectivity index is 1.81. The van der Waals surface area contributed by atoms with E-state index in [0.29, 0.717) is 18.1 Å². The first-order chi connectivity index (χ1) is 8.76. The van der Waals surface area contributed by atoms with Crippen LogP contribution < -0.4 is 5.56 Å². The molecule has 2 N–H and O–H groups in total. The number of aliphatic hydroxyl groups is 1. The second-order valence-corrected chi connectivity index (χ2v) is 4.81. The standard InChI is InChI=1S/C12H16N4O2/c17-8-9-2-4-15(6-9)7-10-5-12(18)16-11(14-10)1-3-13-16/h1,3,5,9,13,17H,2,4,6-8H2. The van der Waals surface area contributed by atoms with Crippen LogP contribution in [0, 0.1) is 5.92 Å². The Kier molecular flexibility index (Phi) is 2.89. The minimum Gasteiger partial charge on any atom is -0.396 e. The molecule has 0 bridgehead atoms. The quantitative estimate of drug-likeness (QED) is 0.791. The first-order valence-electron chi connectivity index (χ1n) is 6.15. The highest BCUT2D eigenvalue weighted by molar-refractivity contribution is 5.36. The summed E-state index contributed by atoms with van der Waals surface area (Å²) in [6, 6.07) is 3.35. The fraction of sp³-hybridized carbons (Fsp3) is 0.500. The van der Waals surface area contributed by atoms with Crippen molar-refractivity contribution in [3.63, 3.8) is 0 Å². The van der Waals surface area contributed by atoms with Crippen LogP contribution in [0.1, 0.15) is 12.1 Å². The molecule has 1 fully saturated rings. The molecule has 0 amide bonds. The summed E-state index contributed by atoms with van der Waals surface area (Å²) in [5, 5.41) is 11.9. The lowest BCUT2D eigenvalue weighted by Gasteiger charge is -2.14. The molecule has 1 saturated heterocycles. The van der Waals surface area contributed by atoms with Crippen LogP contribution in [-0.4, -0.2) is 44.3 Å². The second kappa shape index (κ2) is 4.55. The van der Waals surface area contributed by atoms with E-state index in [1.54, 1.807) is 18.3 Å². The fourth-order valence-corrected chi connectivity index (χ4v) is 2.49. The number of aromatic amines is 1. The van der Waals surface area contributed by atoms with E-state index in [9.17, 15) is 4.79 Å². The number of aromatic nitrogens is 3. The maximum absolute atomic E-state index is 11.8. The first kappa shape index (κ1) is 11.4. The molecule has 1 atom stereocenters. The topological polar surface area (TPSA) is 73.6 Å². The van der Waals surface area contributed by atoms with Crippen molar-refractivity contribution >= 4 is 5.65 Å². The molecule has 2 aromatic heterocycles. The molecule has 0 radical (unpaired) electrons. The largest absolute Gasteiger partial charge is 0.396 e. The zero-order valence-electron chi connectivity index (χ0n) is 10.0. The zero-order chi connectivity index (χ0) is 12.5. The van der Waals surface area contributed by atoms with Crippen molar-refractivity contribution in [2.24, 2.45) is 5.92 Å². The third-order valence-corrected chi connectivity index (χ3v) is 3.45. The van der Waals surface area contributed by atoms with Gasteiger partial charge in [0, 0.05) is 38.0 Å². The second-order valence-electron chi connectivity index (χ2n) is 4.81. The molecule has 0 spiro atoms. The number of hydrogen-bond acceptors (Lipinski definition) is 4. The number of rotatable bonds is 3. The van der Waals surface area contributed by atoms with E-state index in [1.807, 2.05) is 0 Å². The van der Waals surface area contributed by atoms with Crippen LogP contribution in [0.3, 0.4) is 0 Å². The van der Waals surface area contributed by atoms with E-state index < -0.39 is 0 Å². The van der Waals surface area contributed by atoms with Gasteiger partial charge in [0.1, 0.15) is 0 Å². The van der Waals surface area contributed by atoms with E-state index in [-0.39, 0.29) is 12.2 Å². The molecule has 0 aliphatic carbocycles. The molecule has 0 aromatic carbocycles. The van der Waals surface area contributed by atoms with Gasteiger partial charge in [0.2, 0.25) is 0 Å². The highest BCUT2D eigenvalue weighted by atomic mass is 16.3. The monoisotopic (exact) mass is 248 g/mol. The minimum absolute atomic E-state index is 0.0853. The van der Waals surface area contributed by atoms with Crippen molar-refractivity contribution in [2.45, 2.75) is 13.0 Å². The number of hydrogen-bond donors (Lipinski definition) is 2. The number of fused-ring (bicyclic) bond motifs is 1. The maximum Gasteiger partial charge on any atom is 0.272 e. The Morgan fingerprint density at radius 1 is 1.56 bits per heavy atom. The third kappa shape index (κ3) is 2.04. The fourth-order valence-electron chi connectivity index (χ4n) is 2.49. The number of aliphatic hydroxyl groups excluding tert-OH is 1. The molecule has 6 nitrogen and oxygen atoms in total. The van der Waals surface area contributed by atoms with Gasteiger partial charge in [0.05, 0.1) is 5.69 Å². The van der Waals surface area contributed by atoms with Crippen molar-refractivity contribution in [1.82, 2.24) is 19.5 Å². The summed E-state index contributed by atoms with van der Waals surface area (Å²) in [5.74, 6) is 0.363. The van der Waals surface area contributed by atoms with Crippen LogP contribution >= 0.6 is 0 Å². The molecule has 2 aromatic rings. The lowest BCUT2D eigenvalue weighted by atomic mass is 10.1. The predicted octanol–water partition coefficient (Wildman–Crippen LogP) is -0.163. The molecule has 1 aliphatic heterocycles. The number of likely N-dealkylation sites (tertiary alicyclic amines) is 1. The molecule has 3 rings (SSSR count). The van der Waals surface area contributed by atoms with Crippen molar-refractivity contribution < 1.29 is 5.11 Å². The van der Waals surface area contributed by atoms with Crippen molar-refractivity contribution in [2.75, 3.05) is 19.7 Å². The van der Waals surface area contributed by atoms with Crippen LogP contribution in [0.25, 0.3) is 5.65 Å². The predicted molar refractivity (Wildman–Crippen MR) is 66.3 cm³/mol. The van der Waals surface area contributed by atoms with E-state index >= 15 is 0 Å². The van der Waals surface area contributed by atoms with E-state index in [2.05, 4.69) is 15.0 Å². The van der Waals surface area contributed by atoms with Crippen LogP contribution in [0.4, 0.5) is 0 Å². The van der Waals surface area contributed by atoms with Gasteiger partial charge in [-0.1, -0.05) is 0 Å². The van der Waals surface area contributed by atoms with Gasteiger partial charge >= 0.3 is 0 Å². The van der Waals surface area contributed by atoms with Crippen molar-refractivity contribution in [3.05, 3.63) is 34.4 Å². The van der Waals surface area contributed by atoms with Gasteiger partial charge in [-0.25, -0.2) is 9.50 Å². The molecular weight excluding hydrogens is 232 g/mol. The zero-order valence-corrected chi connectivity index (χ0v) is 10.0. The Hall–Kier alpha value is -1.66. The van der Waals surface area contributed by atoms with E-state index in [1.165, 1.54) is 4.52 Å². The SMILES string of the molecule is O=c1cc(CN2CCC(CO)C2)nc2cc[nH]n12. The molecular formula is C12H16N4O2. The van der Waals surface area contributed by atoms with Crippen LogP contribution in [0.2, 0.25) is 0 Å². The summed E-state index contributed by atoms with van der Waals surface area (Å²) in [5.41, 5.74) is 1.35. The molecule has 6 heteroatoms. The lowest BCUT2D eigenvalue weighted by molar-refractivity contribution is 0.219. The minimum atomic E-state index is -0.0853. The summed E-state index contributed by atoms with van der Waals surface area (Å²) >= 11 is 0. The highest BCUT2D eigenvalue weighted by Crippen LogP contribution is 2.17. The lowest BCUT2D eigenvalue weighted by Crippen LogP contribution is -2.24. The highest BCUT2D eigenvalue weighted by Gasteiger charge is 2.22. The van der Waals surface area contributed by atoms with Gasteiger partial charge < -0.3 is 5.11 Å². The molecule has 18 heavy (non-hydrogen) atoms. The number of H-pyrrole nitrogens is 1. The van der Waals surface area contributed by atoms with Gasteiger partial charge in [-0.05, 0) is 18.9 Å². The number of nitrogens with one attached hydrogen (secondary N) is 1. The van der Waals surface area contributed by atoms with Gasteiger partial charge in [0.15, 0.2) is 5.65 Å². The van der Waals surface area contributed by atoms with Crippen LogP contribution in [0.5, 0.6) is 0 Å². The molecule has 0 saturated carbocycles. The van der Waals surface area contributed by atoms with Gasteiger partial charge in [-0.3, -0.25) is 14.8 Å². The average Bonchev–Trinajstić information content (AvgIpc) is 2.97. The van der Waals surface area contributed by atoms with E-state index in [4.69, 9.17) is 5.11 Å². The van der Waals surface area contributed by atoms with E-state index in [0.717, 1.165) is 25.2 Å². The van der Waals surface area contributed by atoms with Crippen LogP contribution in [0.15, 0.2) is 23.1 Å². The van der Waals surface area contributed by atoms with Crippen molar-refractivity contribution in [3.8, 4) is 0 Å². The molecule has 1 unspecified atom stereocenters. The molecule has 3 heterocycles. The molecule has 1 aliphatic rings. The van der Waals surface area contributed by atoms with Gasteiger partial charge in [-0.2, -0.15) is 0 Å². The smallest absolute Gasteiger partial charge is 0.272 e. The Morgan fingerprint density at radius 3 is 3.22 bits per heavy atom. The summed E-state index contributed by atoms with van der Waals surface area (Å²) in [7, 11) is 0. The molecule has 96 valence electrons. The average molecular weight is 248 g/mol. The Bertz CT molecular complexity index is 603. The normalized spacial score (nSPS) is 20.8.